The Labute approximate surface area is 185 Å². The number of hydrogen-bond donors (Lipinski definition) is 0. The van der Waals surface area contributed by atoms with E-state index in [1.165, 1.54) is 4.31 Å². The van der Waals surface area contributed by atoms with Crippen molar-refractivity contribution in [2.75, 3.05) is 32.8 Å². The largest absolute Gasteiger partial charge is 0.493 e. The van der Waals surface area contributed by atoms with E-state index in [-0.39, 0.29) is 5.91 Å². The zero-order valence-electron chi connectivity index (χ0n) is 18.8. The quantitative estimate of drug-likeness (QED) is 0.612. The lowest BCUT2D eigenvalue weighted by Crippen LogP contribution is -2.50. The van der Waals surface area contributed by atoms with Crippen molar-refractivity contribution >= 4 is 15.9 Å². The molecule has 1 amide bonds. The lowest BCUT2D eigenvalue weighted by atomic mass is 10.1. The summed E-state index contributed by atoms with van der Waals surface area (Å²) in [6, 6.07) is 11.4. The number of carbonyl (C=O) groups is 1. The molecule has 6 nitrogen and oxygen atoms in total. The zero-order valence-corrected chi connectivity index (χ0v) is 19.7. The van der Waals surface area contributed by atoms with Gasteiger partial charge in [-0.3, -0.25) is 4.79 Å². The second-order valence-electron chi connectivity index (χ2n) is 8.23. The average Bonchev–Trinajstić information content (AvgIpc) is 2.72. The minimum absolute atomic E-state index is 0.0497. The first-order valence-electron chi connectivity index (χ1n) is 10.7. The molecule has 3 rings (SSSR count). The summed E-state index contributed by atoms with van der Waals surface area (Å²) in [6.45, 7) is 9.75. The van der Waals surface area contributed by atoms with Crippen LogP contribution >= 0.6 is 0 Å². The molecule has 1 heterocycles. The summed E-state index contributed by atoms with van der Waals surface area (Å²) in [4.78, 5) is 14.7. The van der Waals surface area contributed by atoms with Gasteiger partial charge < -0.3 is 9.64 Å². The van der Waals surface area contributed by atoms with Crippen LogP contribution in [0.25, 0.3) is 0 Å². The van der Waals surface area contributed by atoms with Gasteiger partial charge in [0.25, 0.3) is 0 Å². The number of piperazine rings is 1. The van der Waals surface area contributed by atoms with Crippen molar-refractivity contribution in [1.82, 2.24) is 9.21 Å². The SMILES string of the molecule is Cc1ccc(S(=O)(=O)N2CCN(C(=O)CCCOc3c(C)cccc3C)CC2)c(C)c1. The highest BCUT2D eigenvalue weighted by molar-refractivity contribution is 7.89. The second kappa shape index (κ2) is 9.83. The Balaban J connectivity index is 1.48. The molecule has 0 radical (unpaired) electrons. The van der Waals surface area contributed by atoms with Crippen LogP contribution in [-0.2, 0) is 14.8 Å². The highest BCUT2D eigenvalue weighted by Gasteiger charge is 2.30. The fraction of sp³-hybridized carbons (Fsp3) is 0.458. The minimum atomic E-state index is -3.54. The van der Waals surface area contributed by atoms with E-state index in [1.54, 1.807) is 11.0 Å². The molecule has 168 valence electrons. The maximum atomic E-state index is 13.0. The van der Waals surface area contributed by atoms with Gasteiger partial charge in [0.05, 0.1) is 11.5 Å². The molecule has 1 aliphatic heterocycles. The van der Waals surface area contributed by atoms with Crippen LogP contribution < -0.4 is 4.74 Å². The summed E-state index contributed by atoms with van der Waals surface area (Å²) >= 11 is 0. The lowest BCUT2D eigenvalue weighted by Gasteiger charge is -2.34. The third-order valence-electron chi connectivity index (χ3n) is 5.73. The van der Waals surface area contributed by atoms with Crippen molar-refractivity contribution < 1.29 is 17.9 Å². The molecule has 0 aliphatic carbocycles. The Hall–Kier alpha value is -2.38. The molecule has 0 bridgehead atoms. The summed E-state index contributed by atoms with van der Waals surface area (Å²) in [7, 11) is -3.54. The van der Waals surface area contributed by atoms with E-state index in [4.69, 9.17) is 4.74 Å². The highest BCUT2D eigenvalue weighted by Crippen LogP contribution is 2.24. The highest BCUT2D eigenvalue weighted by atomic mass is 32.2. The van der Waals surface area contributed by atoms with Crippen molar-refractivity contribution in [1.29, 1.82) is 0 Å². The van der Waals surface area contributed by atoms with Crippen molar-refractivity contribution in [2.45, 2.75) is 45.4 Å². The van der Waals surface area contributed by atoms with Crippen molar-refractivity contribution in [3.05, 3.63) is 58.7 Å². The third-order valence-corrected chi connectivity index (χ3v) is 7.79. The van der Waals surface area contributed by atoms with Crippen molar-refractivity contribution in [2.24, 2.45) is 0 Å². The van der Waals surface area contributed by atoms with E-state index < -0.39 is 10.0 Å². The minimum Gasteiger partial charge on any atom is -0.493 e. The summed E-state index contributed by atoms with van der Waals surface area (Å²) in [6.07, 6.45) is 1.03. The number of sulfonamides is 1. The molecular weight excluding hydrogens is 412 g/mol. The first-order chi connectivity index (χ1) is 14.7. The van der Waals surface area contributed by atoms with E-state index in [9.17, 15) is 13.2 Å². The fourth-order valence-corrected chi connectivity index (χ4v) is 5.62. The molecule has 0 saturated carbocycles. The zero-order chi connectivity index (χ0) is 22.6. The van der Waals surface area contributed by atoms with E-state index in [0.29, 0.717) is 50.5 Å². The van der Waals surface area contributed by atoms with Crippen LogP contribution in [0.5, 0.6) is 5.75 Å². The number of aryl methyl sites for hydroxylation is 4. The summed E-state index contributed by atoms with van der Waals surface area (Å²) in [5.74, 6) is 0.939. The Kier molecular flexibility index (Phi) is 7.38. The van der Waals surface area contributed by atoms with Gasteiger partial charge in [-0.1, -0.05) is 35.9 Å². The van der Waals surface area contributed by atoms with Gasteiger partial charge in [0.1, 0.15) is 5.75 Å². The van der Waals surface area contributed by atoms with Gasteiger partial charge in [-0.15, -0.1) is 0 Å². The standard InChI is InChI=1S/C24H32N2O4S/c1-18-10-11-22(21(4)17-18)31(28,29)26-14-12-25(13-15-26)23(27)9-6-16-30-24-19(2)7-5-8-20(24)3/h5,7-8,10-11,17H,6,9,12-16H2,1-4H3. The maximum Gasteiger partial charge on any atom is 0.243 e. The summed E-state index contributed by atoms with van der Waals surface area (Å²) in [5.41, 5.74) is 3.97. The van der Waals surface area contributed by atoms with Gasteiger partial charge in [-0.05, 0) is 56.9 Å². The van der Waals surface area contributed by atoms with Crippen LogP contribution in [0.1, 0.15) is 35.1 Å². The van der Waals surface area contributed by atoms with Crippen molar-refractivity contribution in [3.8, 4) is 5.75 Å². The lowest BCUT2D eigenvalue weighted by molar-refractivity contribution is -0.132. The molecule has 2 aromatic carbocycles. The third kappa shape index (κ3) is 5.46. The summed E-state index contributed by atoms with van der Waals surface area (Å²) in [5, 5.41) is 0. The number of ether oxygens (including phenoxy) is 1. The predicted molar refractivity (Wildman–Crippen MR) is 122 cm³/mol. The monoisotopic (exact) mass is 444 g/mol. The van der Waals surface area contributed by atoms with Crippen LogP contribution in [0.4, 0.5) is 0 Å². The smallest absolute Gasteiger partial charge is 0.243 e. The topological polar surface area (TPSA) is 66.9 Å². The van der Waals surface area contributed by atoms with Gasteiger partial charge in [0, 0.05) is 32.6 Å². The molecule has 31 heavy (non-hydrogen) atoms. The van der Waals surface area contributed by atoms with Crippen LogP contribution in [0, 0.1) is 27.7 Å². The van der Waals surface area contributed by atoms with E-state index in [0.717, 1.165) is 28.0 Å². The first-order valence-corrected chi connectivity index (χ1v) is 12.2. The number of amides is 1. The van der Waals surface area contributed by atoms with Crippen LogP contribution in [0.15, 0.2) is 41.3 Å². The molecule has 0 atom stereocenters. The number of carbonyl (C=O) groups excluding carboxylic acids is 1. The molecule has 0 spiro atoms. The molecule has 1 aliphatic rings. The Morgan fingerprint density at radius 3 is 2.19 bits per heavy atom. The Bertz CT molecular complexity index is 1020. The van der Waals surface area contributed by atoms with E-state index in [2.05, 4.69) is 0 Å². The molecule has 2 aromatic rings. The van der Waals surface area contributed by atoms with E-state index in [1.807, 2.05) is 58.0 Å². The van der Waals surface area contributed by atoms with Crippen LogP contribution in [0.3, 0.4) is 0 Å². The molecule has 0 aromatic heterocycles. The van der Waals surface area contributed by atoms with Gasteiger partial charge in [0.15, 0.2) is 0 Å². The molecule has 7 heteroatoms. The van der Waals surface area contributed by atoms with Gasteiger partial charge >= 0.3 is 0 Å². The Morgan fingerprint density at radius 2 is 1.58 bits per heavy atom. The van der Waals surface area contributed by atoms with Gasteiger partial charge in [-0.25, -0.2) is 8.42 Å². The van der Waals surface area contributed by atoms with E-state index >= 15 is 0 Å². The van der Waals surface area contributed by atoms with Crippen molar-refractivity contribution in [3.63, 3.8) is 0 Å². The number of rotatable bonds is 7. The molecule has 1 saturated heterocycles. The number of hydrogen-bond acceptors (Lipinski definition) is 4. The first kappa shape index (κ1) is 23.3. The average molecular weight is 445 g/mol. The van der Waals surface area contributed by atoms with Gasteiger partial charge in [-0.2, -0.15) is 4.31 Å². The number of nitrogens with zero attached hydrogens (tertiary/aromatic N) is 2. The Morgan fingerprint density at radius 1 is 0.935 bits per heavy atom. The van der Waals surface area contributed by atoms with Crippen LogP contribution in [-0.4, -0.2) is 56.3 Å². The molecule has 1 fully saturated rings. The predicted octanol–water partition coefficient (Wildman–Crippen LogP) is 3.61. The normalized spacial score (nSPS) is 15.2. The summed E-state index contributed by atoms with van der Waals surface area (Å²) < 4.78 is 33.4. The fourth-order valence-electron chi connectivity index (χ4n) is 3.99. The number of para-hydroxylation sites is 1. The maximum absolute atomic E-state index is 13.0. The van der Waals surface area contributed by atoms with Crippen LogP contribution in [0.2, 0.25) is 0 Å². The molecule has 0 N–H and O–H groups in total. The van der Waals surface area contributed by atoms with Gasteiger partial charge in [0.2, 0.25) is 15.9 Å². The molecule has 0 unspecified atom stereocenters. The molecular formula is C24H32N2O4S. The second-order valence-corrected chi connectivity index (χ2v) is 10.1. The number of benzene rings is 2.